The molecular formula is C15H15NO2. The van der Waals surface area contributed by atoms with E-state index in [-0.39, 0.29) is 0 Å². The van der Waals surface area contributed by atoms with Crippen molar-refractivity contribution in [1.29, 1.82) is 0 Å². The van der Waals surface area contributed by atoms with Crippen LogP contribution in [0.25, 0.3) is 0 Å². The normalized spacial score (nSPS) is 12.0. The molecule has 0 fully saturated rings. The number of carbonyl (C=O) groups is 1. The Kier molecular flexibility index (Phi) is 4.07. The van der Waals surface area contributed by atoms with Gasteiger partial charge in [0.15, 0.2) is 0 Å². The minimum atomic E-state index is -0.773. The summed E-state index contributed by atoms with van der Waals surface area (Å²) in [5.41, 5.74) is 1.92. The molecule has 1 aromatic heterocycles. The van der Waals surface area contributed by atoms with Crippen molar-refractivity contribution >= 4 is 5.97 Å². The molecule has 1 N–H and O–H groups in total. The Morgan fingerprint density at radius 3 is 2.56 bits per heavy atom. The van der Waals surface area contributed by atoms with Gasteiger partial charge in [0.05, 0.1) is 5.92 Å². The molecule has 2 rings (SSSR count). The monoisotopic (exact) mass is 241 g/mol. The van der Waals surface area contributed by atoms with E-state index < -0.39 is 11.9 Å². The molecule has 0 amide bonds. The fourth-order valence-electron chi connectivity index (χ4n) is 1.98. The highest BCUT2D eigenvalue weighted by Crippen LogP contribution is 2.21. The molecule has 1 atom stereocenters. The van der Waals surface area contributed by atoms with Gasteiger partial charge in [-0.05, 0) is 30.0 Å². The third-order valence-electron chi connectivity index (χ3n) is 2.94. The quantitative estimate of drug-likeness (QED) is 0.875. The summed E-state index contributed by atoms with van der Waals surface area (Å²) in [5, 5.41) is 9.29. The second-order valence-corrected chi connectivity index (χ2v) is 4.20. The predicted molar refractivity (Wildman–Crippen MR) is 69.4 cm³/mol. The lowest BCUT2D eigenvalue weighted by molar-refractivity contribution is -0.138. The van der Waals surface area contributed by atoms with Crippen LogP contribution in [0.5, 0.6) is 0 Å². The number of carboxylic acid groups (broad SMARTS) is 1. The lowest BCUT2D eigenvalue weighted by Crippen LogP contribution is -2.12. The van der Waals surface area contributed by atoms with Crippen LogP contribution in [-0.2, 0) is 11.2 Å². The van der Waals surface area contributed by atoms with Gasteiger partial charge in [0.2, 0.25) is 0 Å². The number of hydrogen-bond donors (Lipinski definition) is 1. The highest BCUT2D eigenvalue weighted by molar-refractivity contribution is 5.76. The van der Waals surface area contributed by atoms with Gasteiger partial charge in [-0.15, -0.1) is 0 Å². The number of aromatic nitrogens is 1. The van der Waals surface area contributed by atoms with Crippen LogP contribution in [-0.4, -0.2) is 16.1 Å². The summed E-state index contributed by atoms with van der Waals surface area (Å²) in [4.78, 5) is 15.3. The zero-order chi connectivity index (χ0) is 12.8. The lowest BCUT2D eigenvalue weighted by Gasteiger charge is -2.12. The van der Waals surface area contributed by atoms with Gasteiger partial charge < -0.3 is 5.11 Å². The van der Waals surface area contributed by atoms with Crippen LogP contribution < -0.4 is 0 Å². The molecule has 3 nitrogen and oxygen atoms in total. The topological polar surface area (TPSA) is 50.2 Å². The third-order valence-corrected chi connectivity index (χ3v) is 2.94. The van der Waals surface area contributed by atoms with Gasteiger partial charge in [-0.2, -0.15) is 0 Å². The van der Waals surface area contributed by atoms with E-state index in [0.717, 1.165) is 17.5 Å². The van der Waals surface area contributed by atoms with Crippen LogP contribution in [0.2, 0.25) is 0 Å². The Morgan fingerprint density at radius 2 is 1.94 bits per heavy atom. The minimum absolute atomic E-state index is 0.452. The summed E-state index contributed by atoms with van der Waals surface area (Å²) in [6.07, 6.45) is 4.81. The van der Waals surface area contributed by atoms with Crippen LogP contribution in [0.15, 0.2) is 54.9 Å². The smallest absolute Gasteiger partial charge is 0.310 e. The van der Waals surface area contributed by atoms with Gasteiger partial charge in [-0.25, -0.2) is 0 Å². The van der Waals surface area contributed by atoms with Crippen LogP contribution in [0.3, 0.4) is 0 Å². The second kappa shape index (κ2) is 5.96. The summed E-state index contributed by atoms with van der Waals surface area (Å²) in [7, 11) is 0. The Morgan fingerprint density at radius 1 is 1.17 bits per heavy atom. The number of rotatable bonds is 5. The molecule has 0 spiro atoms. The SMILES string of the molecule is O=C(O)C(CCc1cccnc1)c1ccccc1. The van der Waals surface area contributed by atoms with E-state index in [4.69, 9.17) is 0 Å². The molecule has 0 aliphatic rings. The van der Waals surface area contributed by atoms with Gasteiger partial charge in [0.25, 0.3) is 0 Å². The average Bonchev–Trinajstić information content (AvgIpc) is 2.41. The number of benzene rings is 1. The van der Waals surface area contributed by atoms with Crippen molar-refractivity contribution < 1.29 is 9.90 Å². The Labute approximate surface area is 106 Å². The largest absolute Gasteiger partial charge is 0.481 e. The number of aryl methyl sites for hydroxylation is 1. The first-order valence-electron chi connectivity index (χ1n) is 5.94. The molecule has 92 valence electrons. The highest BCUT2D eigenvalue weighted by Gasteiger charge is 2.19. The number of nitrogens with zero attached hydrogens (tertiary/aromatic N) is 1. The standard InChI is InChI=1S/C15H15NO2/c17-15(18)14(13-6-2-1-3-7-13)9-8-12-5-4-10-16-11-12/h1-7,10-11,14H,8-9H2,(H,17,18). The Balaban J connectivity index is 2.06. The summed E-state index contributed by atoms with van der Waals surface area (Å²) in [6, 6.07) is 13.2. The Bertz CT molecular complexity index is 496. The molecular weight excluding hydrogens is 226 g/mol. The number of pyridine rings is 1. The fraction of sp³-hybridized carbons (Fsp3) is 0.200. The van der Waals surface area contributed by atoms with Gasteiger partial charge in [-0.3, -0.25) is 9.78 Å². The number of hydrogen-bond acceptors (Lipinski definition) is 2. The molecule has 2 aromatic rings. The van der Waals surface area contributed by atoms with Gasteiger partial charge in [0.1, 0.15) is 0 Å². The van der Waals surface area contributed by atoms with Crippen molar-refractivity contribution in [3.8, 4) is 0 Å². The van der Waals surface area contributed by atoms with E-state index >= 15 is 0 Å². The number of carboxylic acids is 1. The van der Waals surface area contributed by atoms with Gasteiger partial charge in [-0.1, -0.05) is 36.4 Å². The second-order valence-electron chi connectivity index (χ2n) is 4.20. The van der Waals surface area contributed by atoms with Crippen molar-refractivity contribution in [3.63, 3.8) is 0 Å². The number of aliphatic carboxylic acids is 1. The molecule has 0 radical (unpaired) electrons. The van der Waals surface area contributed by atoms with Crippen LogP contribution >= 0.6 is 0 Å². The van der Waals surface area contributed by atoms with Crippen molar-refractivity contribution in [1.82, 2.24) is 4.98 Å². The third kappa shape index (κ3) is 3.17. The first kappa shape index (κ1) is 12.3. The lowest BCUT2D eigenvalue weighted by atomic mass is 9.93. The van der Waals surface area contributed by atoms with E-state index in [2.05, 4.69) is 4.98 Å². The molecule has 0 saturated carbocycles. The molecule has 1 unspecified atom stereocenters. The van der Waals surface area contributed by atoms with Crippen molar-refractivity contribution in [2.75, 3.05) is 0 Å². The first-order chi connectivity index (χ1) is 8.77. The molecule has 0 aliphatic heterocycles. The summed E-state index contributed by atoms with van der Waals surface area (Å²) >= 11 is 0. The van der Waals surface area contributed by atoms with E-state index in [9.17, 15) is 9.90 Å². The zero-order valence-corrected chi connectivity index (χ0v) is 9.99. The van der Waals surface area contributed by atoms with Crippen LogP contribution in [0.4, 0.5) is 0 Å². The minimum Gasteiger partial charge on any atom is -0.481 e. The Hall–Kier alpha value is -2.16. The average molecular weight is 241 g/mol. The maximum absolute atomic E-state index is 11.3. The van der Waals surface area contributed by atoms with E-state index in [1.54, 1.807) is 12.4 Å². The molecule has 1 heterocycles. The maximum atomic E-state index is 11.3. The van der Waals surface area contributed by atoms with Gasteiger partial charge in [0, 0.05) is 12.4 Å². The molecule has 3 heteroatoms. The molecule has 0 aliphatic carbocycles. The van der Waals surface area contributed by atoms with Crippen molar-refractivity contribution in [2.45, 2.75) is 18.8 Å². The highest BCUT2D eigenvalue weighted by atomic mass is 16.4. The van der Waals surface area contributed by atoms with Gasteiger partial charge >= 0.3 is 5.97 Å². The first-order valence-corrected chi connectivity index (χ1v) is 5.94. The maximum Gasteiger partial charge on any atom is 0.310 e. The van der Waals surface area contributed by atoms with Crippen molar-refractivity contribution in [2.24, 2.45) is 0 Å². The summed E-state index contributed by atoms with van der Waals surface area (Å²) in [5.74, 6) is -1.23. The van der Waals surface area contributed by atoms with Crippen molar-refractivity contribution in [3.05, 3.63) is 66.0 Å². The van der Waals surface area contributed by atoms with Crippen LogP contribution in [0, 0.1) is 0 Å². The van der Waals surface area contributed by atoms with Crippen LogP contribution in [0.1, 0.15) is 23.5 Å². The van der Waals surface area contributed by atoms with E-state index in [1.807, 2.05) is 42.5 Å². The predicted octanol–water partition coefficient (Wildman–Crippen LogP) is 2.88. The van der Waals surface area contributed by atoms with E-state index in [1.165, 1.54) is 0 Å². The molecule has 18 heavy (non-hydrogen) atoms. The molecule has 1 aromatic carbocycles. The zero-order valence-electron chi connectivity index (χ0n) is 9.99. The fourth-order valence-corrected chi connectivity index (χ4v) is 1.98. The summed E-state index contributed by atoms with van der Waals surface area (Å²) in [6.45, 7) is 0. The molecule has 0 bridgehead atoms. The summed E-state index contributed by atoms with van der Waals surface area (Å²) < 4.78 is 0. The van der Waals surface area contributed by atoms with E-state index in [0.29, 0.717) is 6.42 Å². The molecule has 0 saturated heterocycles.